The Hall–Kier alpha value is -3.32. The van der Waals surface area contributed by atoms with E-state index >= 15 is 0 Å². The van der Waals surface area contributed by atoms with Crippen molar-refractivity contribution < 1.29 is 27.4 Å². The second-order valence-corrected chi connectivity index (χ2v) is 10.7. The number of nitrogens with zero attached hydrogens (tertiary/aromatic N) is 4. The molecule has 1 aliphatic carbocycles. The number of alkyl halides is 4. The molecule has 0 bridgehead atoms. The van der Waals surface area contributed by atoms with Crippen molar-refractivity contribution in [2.24, 2.45) is 13.0 Å². The molecule has 9 nitrogen and oxygen atoms in total. The maximum absolute atomic E-state index is 14.9. The quantitative estimate of drug-likeness (QED) is 0.403. The topological polar surface area (TPSA) is 105 Å². The lowest BCUT2D eigenvalue weighted by Gasteiger charge is -2.35. The van der Waals surface area contributed by atoms with Gasteiger partial charge in [0, 0.05) is 31.1 Å². The highest BCUT2D eigenvalue weighted by molar-refractivity contribution is 6.33. The molecular formula is C25H25ClF4N6O3. The van der Waals surface area contributed by atoms with Crippen molar-refractivity contribution in [3.8, 4) is 5.75 Å². The van der Waals surface area contributed by atoms with Gasteiger partial charge in [-0.05, 0) is 37.0 Å². The molecule has 1 saturated heterocycles. The van der Waals surface area contributed by atoms with Crippen molar-refractivity contribution in [3.63, 3.8) is 0 Å². The minimum atomic E-state index is -3.19. The maximum Gasteiger partial charge on any atom is 0.301 e. The molecular weight excluding hydrogens is 544 g/mol. The fraction of sp³-hybridized carbons (Fsp3) is 0.480. The molecule has 2 fully saturated rings. The van der Waals surface area contributed by atoms with Gasteiger partial charge in [0.1, 0.15) is 11.1 Å². The van der Waals surface area contributed by atoms with Crippen LogP contribution in [0.1, 0.15) is 19.3 Å². The maximum atomic E-state index is 14.9. The summed E-state index contributed by atoms with van der Waals surface area (Å²) in [5.41, 5.74) is 0.637. The van der Waals surface area contributed by atoms with Crippen molar-refractivity contribution >= 4 is 45.6 Å². The Morgan fingerprint density at radius 3 is 2.72 bits per heavy atom. The monoisotopic (exact) mass is 568 g/mol. The number of benzene rings is 1. The minimum absolute atomic E-state index is 0.0558. The fourth-order valence-corrected chi connectivity index (χ4v) is 5.22. The van der Waals surface area contributed by atoms with Gasteiger partial charge in [-0.25, -0.2) is 22.5 Å². The van der Waals surface area contributed by atoms with Gasteiger partial charge in [0.15, 0.2) is 12.4 Å². The zero-order valence-corrected chi connectivity index (χ0v) is 21.5. The molecule has 14 heteroatoms. The number of hydrogen-bond acceptors (Lipinski definition) is 8. The van der Waals surface area contributed by atoms with Crippen molar-refractivity contribution in [2.75, 3.05) is 35.2 Å². The van der Waals surface area contributed by atoms with E-state index in [0.717, 1.165) is 0 Å². The van der Waals surface area contributed by atoms with Gasteiger partial charge in [-0.15, -0.1) is 0 Å². The third-order valence-corrected chi connectivity index (χ3v) is 7.76. The normalized spacial score (nSPS) is 23.9. The summed E-state index contributed by atoms with van der Waals surface area (Å²) >= 11 is 6.32. The molecule has 1 saturated carbocycles. The lowest BCUT2D eigenvalue weighted by atomic mass is 10.0. The second-order valence-electron chi connectivity index (χ2n) is 10.3. The van der Waals surface area contributed by atoms with Crippen LogP contribution in [0.25, 0.3) is 10.9 Å². The van der Waals surface area contributed by atoms with Crippen LogP contribution in [0.5, 0.6) is 5.75 Å². The number of anilines is 4. The fourth-order valence-electron chi connectivity index (χ4n) is 5.09. The zero-order valence-electron chi connectivity index (χ0n) is 20.7. The smallest absolute Gasteiger partial charge is 0.301 e. The average molecular weight is 569 g/mol. The summed E-state index contributed by atoms with van der Waals surface area (Å²) in [4.78, 5) is 22.9. The number of aliphatic hydroxyl groups excluding tert-OH is 1. The second kappa shape index (κ2) is 9.12. The van der Waals surface area contributed by atoms with E-state index in [1.807, 2.05) is 0 Å². The third-order valence-electron chi connectivity index (χ3n) is 7.48. The summed E-state index contributed by atoms with van der Waals surface area (Å²) in [6.07, 6.45) is 0.246. The van der Waals surface area contributed by atoms with E-state index in [4.69, 9.17) is 16.3 Å². The standard InChI is InChI=1S/C25H25ClF4N6O3/c1-35-16-5-4-13(32-21-15(26)9-31-23(34-21)36-7-6-24(27,28)17(37)10-36)8-14(16)18-19(22(35)38)39-11-25(29,30)20(33-18)12-2-3-12/h4-5,8-9,12,17,20,33,37H,2-3,6-7,10-11H2,1H3,(H,31,32,34). The summed E-state index contributed by atoms with van der Waals surface area (Å²) in [5.74, 6) is -6.46. The SMILES string of the molecule is Cn1c(=O)c2c(c3cc(Nc4nc(N5CCC(F)(F)C(O)C5)ncc4Cl)ccc31)NC(C1CC1)C(F)(F)CO2. The van der Waals surface area contributed by atoms with E-state index in [1.54, 1.807) is 18.2 Å². The van der Waals surface area contributed by atoms with E-state index in [2.05, 4.69) is 20.6 Å². The number of piperidine rings is 1. The highest BCUT2D eigenvalue weighted by atomic mass is 35.5. The van der Waals surface area contributed by atoms with Gasteiger partial charge in [0.25, 0.3) is 11.5 Å². The number of fused-ring (bicyclic) bond motifs is 3. The lowest BCUT2D eigenvalue weighted by molar-refractivity contribution is -0.118. The van der Waals surface area contributed by atoms with Gasteiger partial charge in [0.05, 0.1) is 30.0 Å². The minimum Gasteiger partial charge on any atom is -0.480 e. The molecule has 0 spiro atoms. The molecule has 0 radical (unpaired) electrons. The van der Waals surface area contributed by atoms with Crippen LogP contribution in [0.2, 0.25) is 5.02 Å². The first kappa shape index (κ1) is 25.9. The molecule has 3 aromatic rings. The number of ether oxygens (including phenoxy) is 1. The molecule has 2 unspecified atom stereocenters. The summed E-state index contributed by atoms with van der Waals surface area (Å²) in [7, 11) is 1.53. The van der Waals surface area contributed by atoms with Crippen LogP contribution >= 0.6 is 11.6 Å². The number of halogens is 5. The Morgan fingerprint density at radius 2 is 2.00 bits per heavy atom. The van der Waals surface area contributed by atoms with Gasteiger partial charge in [-0.2, -0.15) is 4.98 Å². The molecule has 39 heavy (non-hydrogen) atoms. The van der Waals surface area contributed by atoms with Gasteiger partial charge in [0.2, 0.25) is 11.7 Å². The molecule has 0 amide bonds. The van der Waals surface area contributed by atoms with Gasteiger partial charge >= 0.3 is 5.92 Å². The van der Waals surface area contributed by atoms with Gasteiger partial charge < -0.3 is 29.9 Å². The summed E-state index contributed by atoms with van der Waals surface area (Å²) in [6, 6.07) is 3.83. The Morgan fingerprint density at radius 1 is 1.23 bits per heavy atom. The number of hydrogen-bond donors (Lipinski definition) is 3. The Kier molecular flexibility index (Phi) is 6.06. The van der Waals surface area contributed by atoms with Gasteiger partial charge in [-0.3, -0.25) is 4.79 Å². The van der Waals surface area contributed by atoms with Crippen LogP contribution in [0.4, 0.5) is 40.7 Å². The van der Waals surface area contributed by atoms with Crippen LogP contribution in [0, 0.1) is 5.92 Å². The number of rotatable bonds is 4. The molecule has 4 heterocycles. The van der Waals surface area contributed by atoms with E-state index in [-0.39, 0.29) is 47.2 Å². The van der Waals surface area contributed by atoms with Crippen molar-refractivity contribution in [1.82, 2.24) is 14.5 Å². The Balaban J connectivity index is 1.36. The van der Waals surface area contributed by atoms with Gasteiger partial charge in [-0.1, -0.05) is 11.6 Å². The number of β-amino-alcohol motifs (C(OH)–C–C–N with tert-alkyl or cyclic N) is 1. The van der Waals surface area contributed by atoms with Crippen LogP contribution in [-0.2, 0) is 7.05 Å². The Bertz CT molecular complexity index is 1520. The molecule has 2 atom stereocenters. The van der Waals surface area contributed by atoms with E-state index in [9.17, 15) is 27.5 Å². The molecule has 2 aliphatic heterocycles. The Labute approximate surface area is 224 Å². The third kappa shape index (κ3) is 4.61. The molecule has 2 aromatic heterocycles. The first-order valence-corrected chi connectivity index (χ1v) is 12.9. The van der Waals surface area contributed by atoms with Crippen molar-refractivity contribution in [3.05, 3.63) is 39.8 Å². The highest BCUT2D eigenvalue weighted by Crippen LogP contribution is 2.45. The van der Waals surface area contributed by atoms with Crippen LogP contribution in [0.15, 0.2) is 29.2 Å². The van der Waals surface area contributed by atoms with Crippen LogP contribution < -0.4 is 25.8 Å². The predicted octanol–water partition coefficient (Wildman–Crippen LogP) is 4.15. The number of aromatic nitrogens is 3. The largest absolute Gasteiger partial charge is 0.480 e. The lowest BCUT2D eigenvalue weighted by Crippen LogP contribution is -2.51. The number of pyridine rings is 1. The molecule has 1 aromatic carbocycles. The van der Waals surface area contributed by atoms with E-state index < -0.39 is 42.6 Å². The van der Waals surface area contributed by atoms with Crippen molar-refractivity contribution in [1.29, 1.82) is 0 Å². The predicted molar refractivity (Wildman–Crippen MR) is 138 cm³/mol. The molecule has 208 valence electrons. The van der Waals surface area contributed by atoms with Crippen LogP contribution in [0.3, 0.4) is 0 Å². The molecule has 3 aliphatic rings. The first-order valence-electron chi connectivity index (χ1n) is 12.5. The summed E-state index contributed by atoms with van der Waals surface area (Å²) in [6.45, 7) is -1.30. The van der Waals surface area contributed by atoms with E-state index in [0.29, 0.717) is 29.4 Å². The number of aryl methyl sites for hydroxylation is 1. The van der Waals surface area contributed by atoms with Crippen LogP contribution in [-0.4, -0.2) is 63.3 Å². The number of aliphatic hydroxyl groups is 1. The summed E-state index contributed by atoms with van der Waals surface area (Å²) in [5, 5.41) is 16.4. The molecule has 3 N–H and O–H groups in total. The van der Waals surface area contributed by atoms with E-state index in [1.165, 1.54) is 22.7 Å². The number of nitrogens with one attached hydrogen (secondary N) is 2. The first-order chi connectivity index (χ1) is 18.4. The molecule has 6 rings (SSSR count). The summed E-state index contributed by atoms with van der Waals surface area (Å²) < 4.78 is 64.0. The zero-order chi connectivity index (χ0) is 27.7. The van der Waals surface area contributed by atoms with Crippen molar-refractivity contribution in [2.45, 2.75) is 43.3 Å². The average Bonchev–Trinajstić information content (AvgIpc) is 3.73. The highest BCUT2D eigenvalue weighted by Gasteiger charge is 2.51.